The zero-order valence-electron chi connectivity index (χ0n) is 8.57. The second-order valence-electron chi connectivity index (χ2n) is 3.93. The maximum atomic E-state index is 5.31. The molecule has 3 aliphatic heterocycles. The molecule has 14 heavy (non-hydrogen) atoms. The summed E-state index contributed by atoms with van der Waals surface area (Å²) in [6, 6.07) is 10.3. The zero-order chi connectivity index (χ0) is 9.80. The molecule has 0 radical (unpaired) electrons. The third kappa shape index (κ3) is 2.56. The van der Waals surface area contributed by atoms with Crippen LogP contribution < -0.4 is 5.32 Å². The second kappa shape index (κ2) is 4.58. The van der Waals surface area contributed by atoms with Crippen LogP contribution in [0.1, 0.15) is 12.0 Å². The highest BCUT2D eigenvalue weighted by Crippen LogP contribution is 2.22. The lowest BCUT2D eigenvalue weighted by Crippen LogP contribution is -2.55. The average Bonchev–Trinajstić information content (AvgIpc) is 2.20. The molecule has 0 spiro atoms. The lowest BCUT2D eigenvalue weighted by Gasteiger charge is -2.41. The number of hydrogen-bond acceptors (Lipinski definition) is 2. The first kappa shape index (κ1) is 9.69. The van der Waals surface area contributed by atoms with Gasteiger partial charge >= 0.3 is 0 Å². The number of ether oxygens (including phenoxy) is 1. The van der Waals surface area contributed by atoms with Crippen LogP contribution in [0.15, 0.2) is 30.3 Å². The first-order chi connectivity index (χ1) is 6.84. The summed E-state index contributed by atoms with van der Waals surface area (Å²) in [5, 5.41) is 3.26. The summed E-state index contributed by atoms with van der Waals surface area (Å²) in [5.74, 6) is 0. The van der Waals surface area contributed by atoms with Crippen LogP contribution in [-0.4, -0.2) is 25.3 Å². The first-order valence-electron chi connectivity index (χ1n) is 5.22. The van der Waals surface area contributed by atoms with Gasteiger partial charge in [-0.1, -0.05) is 35.9 Å². The Morgan fingerprint density at radius 1 is 1.14 bits per heavy atom. The van der Waals surface area contributed by atoms with Gasteiger partial charge in [0.2, 0.25) is 0 Å². The molecule has 4 rings (SSSR count). The molecular formula is C12H17NO. The Morgan fingerprint density at radius 3 is 1.93 bits per heavy atom. The van der Waals surface area contributed by atoms with E-state index in [1.165, 1.54) is 12.0 Å². The van der Waals surface area contributed by atoms with Crippen molar-refractivity contribution in [2.45, 2.75) is 25.6 Å². The highest BCUT2D eigenvalue weighted by atomic mass is 16.5. The maximum Gasteiger partial charge on any atom is 0.0729 e. The molecule has 1 aromatic carbocycles. The van der Waals surface area contributed by atoms with Gasteiger partial charge in [-0.25, -0.2) is 0 Å². The first-order valence-corrected chi connectivity index (χ1v) is 5.22. The fourth-order valence-electron chi connectivity index (χ4n) is 1.76. The van der Waals surface area contributed by atoms with Gasteiger partial charge in [-0.2, -0.15) is 0 Å². The normalized spacial score (nSPS) is 28.4. The summed E-state index contributed by atoms with van der Waals surface area (Å²) >= 11 is 0. The van der Waals surface area contributed by atoms with Crippen molar-refractivity contribution in [2.75, 3.05) is 13.1 Å². The fourth-order valence-corrected chi connectivity index (χ4v) is 1.76. The summed E-state index contributed by atoms with van der Waals surface area (Å²) in [6.07, 6.45) is 2.44. The van der Waals surface area contributed by atoms with Crippen LogP contribution in [0.4, 0.5) is 0 Å². The van der Waals surface area contributed by atoms with E-state index in [-0.39, 0.29) is 0 Å². The molecular weight excluding hydrogens is 174 g/mol. The lowest BCUT2D eigenvalue weighted by atomic mass is 10.0. The van der Waals surface area contributed by atoms with E-state index in [2.05, 4.69) is 24.4 Å². The standard InChI is InChI=1S/C7H8.C5H9NO/c1-7-5-3-2-4-6-7;1-4-2-6-3-5(1)7-4/h2-6H,1H3;4-6H,1-3H2. The second-order valence-corrected chi connectivity index (χ2v) is 3.93. The number of aryl methyl sites for hydroxylation is 1. The fraction of sp³-hybridized carbons (Fsp3) is 0.500. The Balaban J connectivity index is 0.000000107. The molecule has 3 aliphatic rings. The molecule has 3 fully saturated rings. The molecule has 0 amide bonds. The molecule has 1 aromatic rings. The monoisotopic (exact) mass is 191 g/mol. The van der Waals surface area contributed by atoms with E-state index in [0.717, 1.165) is 13.1 Å². The van der Waals surface area contributed by atoms with E-state index in [9.17, 15) is 0 Å². The van der Waals surface area contributed by atoms with Crippen LogP contribution in [0.2, 0.25) is 0 Å². The van der Waals surface area contributed by atoms with Gasteiger partial charge in [0.05, 0.1) is 12.2 Å². The Hall–Kier alpha value is -0.860. The van der Waals surface area contributed by atoms with Crippen LogP contribution in [-0.2, 0) is 4.74 Å². The van der Waals surface area contributed by atoms with Gasteiger partial charge in [-0.15, -0.1) is 0 Å². The van der Waals surface area contributed by atoms with E-state index in [4.69, 9.17) is 4.74 Å². The highest BCUT2D eigenvalue weighted by Gasteiger charge is 2.33. The number of piperidine rings is 1. The topological polar surface area (TPSA) is 21.3 Å². The number of nitrogens with one attached hydrogen (secondary N) is 1. The summed E-state index contributed by atoms with van der Waals surface area (Å²) in [4.78, 5) is 0. The third-order valence-corrected chi connectivity index (χ3v) is 2.60. The van der Waals surface area contributed by atoms with Crippen molar-refractivity contribution in [1.29, 1.82) is 0 Å². The molecule has 0 aromatic heterocycles. The van der Waals surface area contributed by atoms with Gasteiger partial charge in [-0.05, 0) is 6.92 Å². The van der Waals surface area contributed by atoms with E-state index in [1.807, 2.05) is 18.2 Å². The minimum absolute atomic E-state index is 0.568. The molecule has 2 unspecified atom stereocenters. The Morgan fingerprint density at radius 2 is 1.71 bits per heavy atom. The molecule has 2 heteroatoms. The average molecular weight is 191 g/mol. The molecule has 0 aliphatic carbocycles. The largest absolute Gasteiger partial charge is 0.372 e. The molecule has 3 saturated heterocycles. The van der Waals surface area contributed by atoms with Gasteiger partial charge in [0.15, 0.2) is 0 Å². The molecule has 2 atom stereocenters. The summed E-state index contributed by atoms with van der Waals surface area (Å²) in [6.45, 7) is 4.24. The molecule has 76 valence electrons. The number of rotatable bonds is 0. The summed E-state index contributed by atoms with van der Waals surface area (Å²) < 4.78 is 5.31. The van der Waals surface area contributed by atoms with Crippen molar-refractivity contribution in [2.24, 2.45) is 0 Å². The lowest BCUT2D eigenvalue weighted by molar-refractivity contribution is -0.143. The summed E-state index contributed by atoms with van der Waals surface area (Å²) in [7, 11) is 0. The minimum atomic E-state index is 0.568. The minimum Gasteiger partial charge on any atom is -0.372 e. The van der Waals surface area contributed by atoms with Crippen LogP contribution in [0, 0.1) is 6.92 Å². The Bertz CT molecular complexity index is 253. The molecule has 0 saturated carbocycles. The molecule has 2 nitrogen and oxygen atoms in total. The Labute approximate surface area is 85.3 Å². The van der Waals surface area contributed by atoms with Crippen molar-refractivity contribution in [1.82, 2.24) is 5.32 Å². The van der Waals surface area contributed by atoms with Gasteiger partial charge in [0, 0.05) is 19.5 Å². The third-order valence-electron chi connectivity index (χ3n) is 2.60. The number of fused-ring (bicyclic) bond motifs is 2. The molecule has 1 N–H and O–H groups in total. The Kier molecular flexibility index (Phi) is 3.17. The van der Waals surface area contributed by atoms with Gasteiger partial charge in [-0.3, -0.25) is 0 Å². The maximum absolute atomic E-state index is 5.31. The van der Waals surface area contributed by atoms with Gasteiger partial charge in [0.1, 0.15) is 0 Å². The van der Waals surface area contributed by atoms with Crippen LogP contribution >= 0.6 is 0 Å². The molecule has 3 heterocycles. The molecule has 2 bridgehead atoms. The van der Waals surface area contributed by atoms with Crippen LogP contribution in [0.3, 0.4) is 0 Å². The van der Waals surface area contributed by atoms with Crippen molar-refractivity contribution in [3.05, 3.63) is 35.9 Å². The smallest absolute Gasteiger partial charge is 0.0729 e. The van der Waals surface area contributed by atoms with Crippen molar-refractivity contribution in [3.8, 4) is 0 Å². The quantitative estimate of drug-likeness (QED) is 0.674. The number of morpholine rings is 1. The predicted molar refractivity (Wildman–Crippen MR) is 57.3 cm³/mol. The van der Waals surface area contributed by atoms with E-state index in [0.29, 0.717) is 12.2 Å². The van der Waals surface area contributed by atoms with E-state index < -0.39 is 0 Å². The van der Waals surface area contributed by atoms with Crippen molar-refractivity contribution in [3.63, 3.8) is 0 Å². The number of hydrogen-bond donors (Lipinski definition) is 1. The number of benzene rings is 1. The van der Waals surface area contributed by atoms with Crippen LogP contribution in [0.25, 0.3) is 0 Å². The van der Waals surface area contributed by atoms with Crippen molar-refractivity contribution < 1.29 is 4.74 Å². The van der Waals surface area contributed by atoms with E-state index >= 15 is 0 Å². The summed E-state index contributed by atoms with van der Waals surface area (Å²) in [5.41, 5.74) is 1.32. The van der Waals surface area contributed by atoms with E-state index in [1.54, 1.807) is 0 Å². The SMILES string of the molecule is C1NCC2CC1O2.Cc1ccccc1. The van der Waals surface area contributed by atoms with Crippen LogP contribution in [0.5, 0.6) is 0 Å². The highest BCUT2D eigenvalue weighted by molar-refractivity contribution is 5.11. The van der Waals surface area contributed by atoms with Gasteiger partial charge < -0.3 is 10.1 Å². The van der Waals surface area contributed by atoms with Crippen molar-refractivity contribution >= 4 is 0 Å². The van der Waals surface area contributed by atoms with Gasteiger partial charge in [0.25, 0.3) is 0 Å². The zero-order valence-corrected chi connectivity index (χ0v) is 8.57. The predicted octanol–water partition coefficient (Wildman–Crippen LogP) is 1.74.